The van der Waals surface area contributed by atoms with E-state index in [2.05, 4.69) is 216 Å². The van der Waals surface area contributed by atoms with E-state index in [4.69, 9.17) is 0 Å². The quantitative estimate of drug-likeness (QED) is 0.175. The smallest absolute Gasteiger partial charge is 0.0548 e. The summed E-state index contributed by atoms with van der Waals surface area (Å²) in [6, 6.07) is 68.8. The maximum atomic E-state index is 2.44. The summed E-state index contributed by atoms with van der Waals surface area (Å²) in [5.41, 5.74) is 15.9. The van der Waals surface area contributed by atoms with Crippen LogP contribution >= 0.6 is 0 Å². The van der Waals surface area contributed by atoms with E-state index in [0.29, 0.717) is 0 Å². The van der Waals surface area contributed by atoms with Crippen LogP contribution in [0.3, 0.4) is 0 Å². The van der Waals surface area contributed by atoms with Gasteiger partial charge in [-0.05, 0) is 107 Å². The second kappa shape index (κ2) is 11.6. The number of hydrogen-bond donors (Lipinski definition) is 0. The Morgan fingerprint density at radius 2 is 0.833 bits per heavy atom. The van der Waals surface area contributed by atoms with E-state index in [0.717, 1.165) is 22.7 Å². The number of nitrogens with zero attached hydrogens (tertiary/aromatic N) is 3. The number of aromatic nitrogens is 2. The van der Waals surface area contributed by atoms with Crippen molar-refractivity contribution in [1.29, 1.82) is 0 Å². The number of anilines is 3. The van der Waals surface area contributed by atoms with Crippen LogP contribution in [0, 0.1) is 0 Å². The number of benzene rings is 8. The van der Waals surface area contributed by atoms with Gasteiger partial charge in [-0.15, -0.1) is 0 Å². The molecule has 0 spiro atoms. The van der Waals surface area contributed by atoms with Gasteiger partial charge in [0.2, 0.25) is 0 Å². The van der Waals surface area contributed by atoms with Gasteiger partial charge in [0.05, 0.1) is 22.1 Å². The second-order valence-electron chi connectivity index (χ2n) is 15.0. The fourth-order valence-corrected chi connectivity index (χ4v) is 9.17. The highest BCUT2D eigenvalue weighted by atomic mass is 15.1. The molecule has 0 atom stereocenters. The Hall–Kier alpha value is -6.84. The van der Waals surface area contributed by atoms with Gasteiger partial charge in [-0.1, -0.05) is 117 Å². The molecule has 3 heteroatoms. The summed E-state index contributed by atoms with van der Waals surface area (Å²) in [5, 5.41) is 5.00. The van der Waals surface area contributed by atoms with Crippen LogP contribution in [-0.2, 0) is 5.41 Å². The summed E-state index contributed by atoms with van der Waals surface area (Å²) in [5.74, 6) is 0. The van der Waals surface area contributed by atoms with Gasteiger partial charge in [0, 0.05) is 55.4 Å². The number of fused-ring (bicyclic) bond motifs is 9. The molecule has 256 valence electrons. The molecule has 0 fully saturated rings. The van der Waals surface area contributed by atoms with Crippen LogP contribution in [0.4, 0.5) is 17.1 Å². The van der Waals surface area contributed by atoms with Crippen LogP contribution in [0.5, 0.6) is 0 Å². The van der Waals surface area contributed by atoms with E-state index in [1.54, 1.807) is 0 Å². The van der Waals surface area contributed by atoms with Crippen LogP contribution in [0.25, 0.3) is 66.1 Å². The third-order valence-corrected chi connectivity index (χ3v) is 11.7. The van der Waals surface area contributed by atoms with Gasteiger partial charge in [-0.25, -0.2) is 0 Å². The highest BCUT2D eigenvalue weighted by Crippen LogP contribution is 2.50. The highest BCUT2D eigenvalue weighted by molar-refractivity contribution is 6.19. The molecule has 2 heterocycles. The molecule has 54 heavy (non-hydrogen) atoms. The Morgan fingerprint density at radius 3 is 1.48 bits per heavy atom. The maximum absolute atomic E-state index is 2.44. The van der Waals surface area contributed by atoms with Crippen molar-refractivity contribution in [3.8, 4) is 22.5 Å². The molecule has 1 aliphatic rings. The van der Waals surface area contributed by atoms with Crippen molar-refractivity contribution < 1.29 is 0 Å². The van der Waals surface area contributed by atoms with Gasteiger partial charge >= 0.3 is 0 Å². The molecule has 0 amide bonds. The zero-order chi connectivity index (χ0) is 36.0. The van der Waals surface area contributed by atoms with Gasteiger partial charge < -0.3 is 14.0 Å². The third kappa shape index (κ3) is 4.42. The fourth-order valence-electron chi connectivity index (χ4n) is 9.17. The monoisotopic (exact) mass is 691 g/mol. The lowest BCUT2D eigenvalue weighted by molar-refractivity contribution is 0.660. The van der Waals surface area contributed by atoms with Crippen molar-refractivity contribution in [1.82, 2.24) is 9.13 Å². The van der Waals surface area contributed by atoms with E-state index in [-0.39, 0.29) is 5.41 Å². The molecule has 0 saturated carbocycles. The first kappa shape index (κ1) is 30.8. The maximum Gasteiger partial charge on any atom is 0.0548 e. The van der Waals surface area contributed by atoms with Crippen LogP contribution in [0.1, 0.15) is 25.0 Å². The number of rotatable bonds is 5. The van der Waals surface area contributed by atoms with Gasteiger partial charge in [-0.3, -0.25) is 0 Å². The van der Waals surface area contributed by atoms with Crippen LogP contribution in [0.2, 0.25) is 0 Å². The average Bonchev–Trinajstić information content (AvgIpc) is 3.81. The molecule has 0 saturated heterocycles. The zero-order valence-electron chi connectivity index (χ0n) is 30.2. The molecule has 10 aromatic rings. The first-order chi connectivity index (χ1) is 26.6. The van der Waals surface area contributed by atoms with Gasteiger partial charge in [0.1, 0.15) is 0 Å². The minimum atomic E-state index is -0.0799. The predicted octanol–water partition coefficient (Wildman–Crippen LogP) is 13.7. The Balaban J connectivity index is 1.08. The molecule has 2 aromatic heterocycles. The van der Waals surface area contributed by atoms with E-state index in [9.17, 15) is 0 Å². The summed E-state index contributed by atoms with van der Waals surface area (Å²) in [7, 11) is 0. The van der Waals surface area contributed by atoms with E-state index >= 15 is 0 Å². The average molecular weight is 692 g/mol. The van der Waals surface area contributed by atoms with E-state index in [1.807, 2.05) is 0 Å². The molecule has 3 nitrogen and oxygen atoms in total. The number of hydrogen-bond acceptors (Lipinski definition) is 1. The summed E-state index contributed by atoms with van der Waals surface area (Å²) >= 11 is 0. The molecule has 1 aliphatic carbocycles. The van der Waals surface area contributed by atoms with Gasteiger partial charge in [0.25, 0.3) is 0 Å². The normalized spacial score (nSPS) is 13.1. The van der Waals surface area contributed by atoms with Crippen LogP contribution < -0.4 is 4.90 Å². The Labute approximate surface area is 314 Å². The van der Waals surface area contributed by atoms with Gasteiger partial charge in [0.15, 0.2) is 0 Å². The SMILES string of the molecule is CC1(C)c2ccccc2-c2ccc(N(c3ccccc3)c3ccc(-n4c5ccccc5c5cc6c(cc54)c4ccccc4n6-c4ccccc4)cc3)cc21. The van der Waals surface area contributed by atoms with Crippen molar-refractivity contribution in [3.63, 3.8) is 0 Å². The predicted molar refractivity (Wildman–Crippen MR) is 227 cm³/mol. The summed E-state index contributed by atoms with van der Waals surface area (Å²) in [4.78, 5) is 2.39. The molecule has 0 bridgehead atoms. The van der Waals surface area contributed by atoms with Crippen molar-refractivity contribution in [2.75, 3.05) is 4.90 Å². The van der Waals surface area contributed by atoms with Crippen molar-refractivity contribution in [2.24, 2.45) is 0 Å². The van der Waals surface area contributed by atoms with E-state index < -0.39 is 0 Å². The lowest BCUT2D eigenvalue weighted by atomic mass is 9.82. The zero-order valence-corrected chi connectivity index (χ0v) is 30.2. The molecular weight excluding hydrogens is 655 g/mol. The third-order valence-electron chi connectivity index (χ3n) is 11.7. The summed E-state index contributed by atoms with van der Waals surface area (Å²) in [6.07, 6.45) is 0. The Kier molecular flexibility index (Phi) is 6.60. The first-order valence-corrected chi connectivity index (χ1v) is 18.8. The molecule has 0 unspecified atom stereocenters. The topological polar surface area (TPSA) is 13.1 Å². The number of para-hydroxylation sites is 4. The van der Waals surface area contributed by atoms with E-state index in [1.165, 1.54) is 71.6 Å². The fraction of sp³-hybridized carbons (Fsp3) is 0.0588. The Bertz CT molecular complexity index is 3060. The Morgan fingerprint density at radius 1 is 0.352 bits per heavy atom. The molecule has 0 radical (unpaired) electrons. The molecule has 11 rings (SSSR count). The lowest BCUT2D eigenvalue weighted by Gasteiger charge is -2.28. The van der Waals surface area contributed by atoms with Crippen molar-refractivity contribution in [3.05, 3.63) is 199 Å². The summed E-state index contributed by atoms with van der Waals surface area (Å²) < 4.78 is 4.84. The van der Waals surface area contributed by atoms with Crippen LogP contribution in [0.15, 0.2) is 188 Å². The second-order valence-corrected chi connectivity index (χ2v) is 15.0. The minimum absolute atomic E-state index is 0.0799. The lowest BCUT2D eigenvalue weighted by Crippen LogP contribution is -2.16. The van der Waals surface area contributed by atoms with Crippen molar-refractivity contribution >= 4 is 60.7 Å². The van der Waals surface area contributed by atoms with Gasteiger partial charge in [-0.2, -0.15) is 0 Å². The standard InChI is InChI=1S/C51H37N3/c1-51(2)45-22-12-9-19-39(45)40-30-29-38(31-46(40)51)52(34-15-5-3-6-16-34)36-25-27-37(28-26-36)54-48-24-14-11-21-42(48)44-32-49-43(33-50(44)54)41-20-10-13-23-47(41)53(49)35-17-7-4-8-18-35/h3-33H,1-2H3. The highest BCUT2D eigenvalue weighted by Gasteiger charge is 2.35. The molecule has 0 aliphatic heterocycles. The van der Waals surface area contributed by atoms with Crippen molar-refractivity contribution in [2.45, 2.75) is 19.3 Å². The summed E-state index contributed by atoms with van der Waals surface area (Å²) in [6.45, 7) is 4.70. The molecular formula is C51H37N3. The van der Waals surface area contributed by atoms with Crippen LogP contribution in [-0.4, -0.2) is 9.13 Å². The first-order valence-electron chi connectivity index (χ1n) is 18.8. The molecule has 0 N–H and O–H groups in total. The molecule has 8 aromatic carbocycles. The largest absolute Gasteiger partial charge is 0.310 e. The minimum Gasteiger partial charge on any atom is -0.310 e.